The summed E-state index contributed by atoms with van der Waals surface area (Å²) in [6.45, 7) is 8.49. The molecule has 1 saturated heterocycles. The van der Waals surface area contributed by atoms with Gasteiger partial charge in [-0.1, -0.05) is 30.0 Å². The van der Waals surface area contributed by atoms with Crippen LogP contribution in [0.2, 0.25) is 0 Å². The van der Waals surface area contributed by atoms with Crippen molar-refractivity contribution in [1.82, 2.24) is 25.0 Å². The van der Waals surface area contributed by atoms with Crippen molar-refractivity contribution >= 4 is 28.7 Å². The maximum atomic E-state index is 13.8. The lowest BCUT2D eigenvalue weighted by Gasteiger charge is -2.23. The molecular weight excluding hydrogens is 514 g/mol. The van der Waals surface area contributed by atoms with Crippen molar-refractivity contribution in [3.8, 4) is 0 Å². The zero-order valence-electron chi connectivity index (χ0n) is 21.9. The average molecular weight is 547 g/mol. The smallest absolute Gasteiger partial charge is 0.191 e. The molecule has 3 fully saturated rings. The van der Waals surface area contributed by atoms with Gasteiger partial charge in [0, 0.05) is 30.7 Å². The van der Waals surface area contributed by atoms with E-state index in [4.69, 9.17) is 24.2 Å². The quantitative estimate of drug-likeness (QED) is 0.299. The van der Waals surface area contributed by atoms with Gasteiger partial charge in [-0.25, -0.2) is 23.4 Å². The second kappa shape index (κ2) is 9.96. The van der Waals surface area contributed by atoms with Gasteiger partial charge in [0.15, 0.2) is 39.6 Å². The molecule has 204 valence electrons. The van der Waals surface area contributed by atoms with Gasteiger partial charge in [0.1, 0.15) is 12.2 Å². The van der Waals surface area contributed by atoms with Crippen molar-refractivity contribution in [3.05, 3.63) is 35.4 Å². The molecule has 3 aromatic rings. The lowest BCUT2D eigenvalue weighted by Crippen LogP contribution is -2.31. The topological polar surface area (TPSA) is 96.2 Å². The minimum Gasteiger partial charge on any atom is -0.376 e. The summed E-state index contributed by atoms with van der Waals surface area (Å²) in [6, 6.07) is 3.94. The Balaban J connectivity index is 1.32. The first-order valence-corrected chi connectivity index (χ1v) is 14.2. The van der Waals surface area contributed by atoms with Gasteiger partial charge in [-0.15, -0.1) is 5.10 Å². The molecule has 1 aromatic carbocycles. The van der Waals surface area contributed by atoms with Crippen molar-refractivity contribution in [2.24, 2.45) is 0 Å². The van der Waals surface area contributed by atoms with E-state index in [0.717, 1.165) is 24.2 Å². The van der Waals surface area contributed by atoms with E-state index < -0.39 is 17.4 Å². The lowest BCUT2D eigenvalue weighted by atomic mass is 10.1. The van der Waals surface area contributed by atoms with Gasteiger partial charge in [0.2, 0.25) is 0 Å². The molecule has 3 aliphatic rings. The van der Waals surface area contributed by atoms with E-state index in [0.29, 0.717) is 35.2 Å². The monoisotopic (exact) mass is 546 g/mol. The highest BCUT2D eigenvalue weighted by Gasteiger charge is 2.56. The van der Waals surface area contributed by atoms with Gasteiger partial charge < -0.3 is 19.5 Å². The van der Waals surface area contributed by atoms with Crippen molar-refractivity contribution in [2.45, 2.75) is 94.2 Å². The molecule has 0 amide bonds. The number of hydrogen-bond donors (Lipinski definition) is 1. The number of aromatic nitrogens is 5. The predicted octanol–water partition coefficient (Wildman–Crippen LogP) is 4.84. The number of ether oxygens (including phenoxy) is 3. The van der Waals surface area contributed by atoms with Crippen LogP contribution in [0.15, 0.2) is 23.4 Å². The number of hydrogen-bond acceptors (Lipinski definition) is 9. The number of benzene rings is 1. The summed E-state index contributed by atoms with van der Waals surface area (Å²) < 4.78 is 47.6. The number of halogens is 2. The highest BCUT2D eigenvalue weighted by molar-refractivity contribution is 7.99. The number of nitrogens with one attached hydrogen (secondary N) is 1. The van der Waals surface area contributed by atoms with Gasteiger partial charge in [-0.3, -0.25) is 0 Å². The zero-order valence-corrected chi connectivity index (χ0v) is 22.7. The van der Waals surface area contributed by atoms with Crippen LogP contribution in [0.1, 0.15) is 64.5 Å². The third kappa shape index (κ3) is 4.76. The first-order valence-electron chi connectivity index (χ1n) is 13.2. The van der Waals surface area contributed by atoms with Crippen molar-refractivity contribution in [3.63, 3.8) is 0 Å². The summed E-state index contributed by atoms with van der Waals surface area (Å²) in [5.74, 6) is -0.865. The molecule has 1 aliphatic heterocycles. The third-order valence-electron chi connectivity index (χ3n) is 7.30. The van der Waals surface area contributed by atoms with Gasteiger partial charge in [0.05, 0.1) is 12.1 Å². The summed E-state index contributed by atoms with van der Waals surface area (Å²) in [5.41, 5.74) is 1.95. The first-order chi connectivity index (χ1) is 18.3. The van der Waals surface area contributed by atoms with Crippen LogP contribution < -0.4 is 5.32 Å². The van der Waals surface area contributed by atoms with Crippen LogP contribution in [0.25, 0.3) is 11.2 Å². The Morgan fingerprint density at radius 3 is 2.71 bits per heavy atom. The van der Waals surface area contributed by atoms with E-state index in [1.807, 2.05) is 25.5 Å². The molecule has 0 spiro atoms. The van der Waals surface area contributed by atoms with E-state index in [2.05, 4.69) is 22.6 Å². The van der Waals surface area contributed by atoms with Gasteiger partial charge >= 0.3 is 0 Å². The first kappa shape index (κ1) is 25.8. The molecule has 1 unspecified atom stereocenters. The molecule has 0 bridgehead atoms. The summed E-state index contributed by atoms with van der Waals surface area (Å²) >= 11 is 1.58. The summed E-state index contributed by atoms with van der Waals surface area (Å²) in [6.07, 6.45) is 1.87. The van der Waals surface area contributed by atoms with Crippen molar-refractivity contribution < 1.29 is 23.0 Å². The van der Waals surface area contributed by atoms with Crippen LogP contribution in [-0.4, -0.2) is 67.5 Å². The second-order valence-electron chi connectivity index (χ2n) is 10.5. The lowest BCUT2D eigenvalue weighted by molar-refractivity contribution is -0.170. The van der Waals surface area contributed by atoms with Crippen molar-refractivity contribution in [1.29, 1.82) is 0 Å². The molecule has 9 nitrogen and oxygen atoms in total. The largest absolute Gasteiger partial charge is 0.376 e. The normalized spacial score (nSPS) is 29.6. The fraction of sp³-hybridized carbons (Fsp3) is 0.615. The van der Waals surface area contributed by atoms with E-state index in [9.17, 15) is 8.78 Å². The summed E-state index contributed by atoms with van der Waals surface area (Å²) in [5, 5.41) is 13.1. The minimum absolute atomic E-state index is 0.0256. The summed E-state index contributed by atoms with van der Waals surface area (Å²) in [7, 11) is 0. The van der Waals surface area contributed by atoms with E-state index in [1.54, 1.807) is 17.8 Å². The zero-order chi connectivity index (χ0) is 26.6. The van der Waals surface area contributed by atoms with Crippen LogP contribution in [-0.2, 0) is 14.2 Å². The number of rotatable bonds is 9. The molecular formula is C26H32F2N6O3S. The van der Waals surface area contributed by atoms with E-state index >= 15 is 0 Å². The van der Waals surface area contributed by atoms with Crippen LogP contribution >= 0.6 is 11.8 Å². The van der Waals surface area contributed by atoms with Gasteiger partial charge in [-0.2, -0.15) is 0 Å². The molecule has 12 heteroatoms. The van der Waals surface area contributed by atoms with Crippen LogP contribution in [0, 0.1) is 11.6 Å². The fourth-order valence-corrected chi connectivity index (χ4v) is 6.25. The Labute approximate surface area is 224 Å². The Morgan fingerprint density at radius 2 is 1.95 bits per heavy atom. The molecule has 6 rings (SSSR count). The van der Waals surface area contributed by atoms with Crippen LogP contribution in [0.4, 0.5) is 14.6 Å². The fourth-order valence-electron chi connectivity index (χ4n) is 5.56. The second-order valence-corrected chi connectivity index (χ2v) is 11.6. The Morgan fingerprint density at radius 1 is 1.13 bits per heavy atom. The number of fused-ring (bicyclic) bond motifs is 2. The molecule has 2 aliphatic carbocycles. The highest BCUT2D eigenvalue weighted by Crippen LogP contribution is 2.46. The van der Waals surface area contributed by atoms with Crippen molar-refractivity contribution in [2.75, 3.05) is 17.7 Å². The minimum atomic E-state index is -0.841. The SMILES string of the molecule is CCCSc1nc(NC2C[C@H]2c2ccc(F)c(F)c2)c2nnn([C@@H]3C[C@H](OCC)[C@H]4OC(C)(C)O[C@H]43)c2n1. The maximum Gasteiger partial charge on any atom is 0.191 e. The van der Waals surface area contributed by atoms with Gasteiger partial charge in [0.25, 0.3) is 0 Å². The average Bonchev–Trinajstić information content (AvgIpc) is 3.22. The highest BCUT2D eigenvalue weighted by atomic mass is 32.2. The Bertz CT molecular complexity index is 1340. The number of thioether (sulfide) groups is 1. The van der Waals surface area contributed by atoms with E-state index in [-0.39, 0.29) is 36.3 Å². The molecule has 2 saturated carbocycles. The molecule has 38 heavy (non-hydrogen) atoms. The molecule has 6 atom stereocenters. The number of anilines is 1. The van der Waals surface area contributed by atoms with Crippen LogP contribution in [0.5, 0.6) is 0 Å². The standard InChI is InChI=1S/C26H32F2N6O3S/c1-5-9-38-25-30-23(29-17-11-14(17)13-7-8-15(27)16(28)10-13)20-24(31-25)34(33-32-20)18-12-19(35-6-2)22-21(18)36-26(3,4)37-22/h7-8,10,14,17-19,21-22H,5-6,9,11-12H2,1-4H3,(H,29,30,31)/t14-,17?,18+,19-,21-,22+/m0/s1. The summed E-state index contributed by atoms with van der Waals surface area (Å²) in [4.78, 5) is 9.61. The number of nitrogens with zero attached hydrogens (tertiary/aromatic N) is 5. The predicted molar refractivity (Wildman–Crippen MR) is 138 cm³/mol. The van der Waals surface area contributed by atoms with Crippen LogP contribution in [0.3, 0.4) is 0 Å². The Kier molecular flexibility index (Phi) is 6.78. The molecule has 0 radical (unpaired) electrons. The maximum absolute atomic E-state index is 13.8. The third-order valence-corrected chi connectivity index (χ3v) is 8.35. The molecule has 3 heterocycles. The van der Waals surface area contributed by atoms with E-state index in [1.165, 1.54) is 12.1 Å². The van der Waals surface area contributed by atoms with Gasteiger partial charge in [-0.05, 0) is 51.3 Å². The Hall–Kier alpha value is -2.41. The molecule has 2 aromatic heterocycles. The molecule has 1 N–H and O–H groups in total.